The van der Waals surface area contributed by atoms with E-state index in [1.165, 1.54) is 0 Å². The van der Waals surface area contributed by atoms with Gasteiger partial charge in [0.25, 0.3) is 0 Å². The van der Waals surface area contributed by atoms with Crippen molar-refractivity contribution < 1.29 is 14.4 Å². The second kappa shape index (κ2) is 5.40. The topological polar surface area (TPSA) is 97.2 Å². The van der Waals surface area contributed by atoms with Gasteiger partial charge in [0.2, 0.25) is 11.8 Å². The summed E-state index contributed by atoms with van der Waals surface area (Å²) in [6.07, 6.45) is 1.95. The molecule has 8 nitrogen and oxygen atoms in total. The summed E-state index contributed by atoms with van der Waals surface area (Å²) in [5.41, 5.74) is 0. The number of aromatic nitrogens is 3. The fourth-order valence-corrected chi connectivity index (χ4v) is 2.18. The summed E-state index contributed by atoms with van der Waals surface area (Å²) >= 11 is 0. The van der Waals surface area contributed by atoms with Gasteiger partial charge < -0.3 is 4.57 Å². The number of carbonyl (C=O) groups excluding carboxylic acids is 3. The van der Waals surface area contributed by atoms with E-state index in [4.69, 9.17) is 0 Å². The maximum absolute atomic E-state index is 12.2. The van der Waals surface area contributed by atoms with Crippen molar-refractivity contribution in [3.05, 3.63) is 12.2 Å². The normalized spacial score (nSPS) is 19.7. The number of aryl methyl sites for hydroxylation is 1. The standard InChI is InChI=1S/C12H17N5O3/c1-7(2)9-10(18)14-12(20)17(11(9)19)5-4-8-15-13-6-16(8)3/h6-7,9H,4-5H2,1-3H3,(H,14,18,20). The molecule has 108 valence electrons. The predicted octanol–water partition coefficient (Wildman–Crippen LogP) is -0.292. The highest BCUT2D eigenvalue weighted by Gasteiger charge is 2.41. The van der Waals surface area contributed by atoms with E-state index in [2.05, 4.69) is 15.5 Å². The highest BCUT2D eigenvalue weighted by Crippen LogP contribution is 2.19. The molecule has 0 saturated carbocycles. The zero-order valence-electron chi connectivity index (χ0n) is 11.7. The first-order chi connectivity index (χ1) is 9.41. The molecule has 0 radical (unpaired) electrons. The van der Waals surface area contributed by atoms with Gasteiger partial charge in [0.05, 0.1) is 0 Å². The molecule has 1 N–H and O–H groups in total. The monoisotopic (exact) mass is 279 g/mol. The summed E-state index contributed by atoms with van der Waals surface area (Å²) in [4.78, 5) is 36.7. The summed E-state index contributed by atoms with van der Waals surface area (Å²) in [5, 5.41) is 9.85. The van der Waals surface area contributed by atoms with Gasteiger partial charge in [-0.15, -0.1) is 10.2 Å². The lowest BCUT2D eigenvalue weighted by atomic mass is 9.92. The SMILES string of the molecule is CC(C)C1C(=O)NC(=O)N(CCc2nncn2C)C1=O. The largest absolute Gasteiger partial charge is 0.330 e. The number of imide groups is 2. The number of amides is 4. The number of barbiturate groups is 1. The predicted molar refractivity (Wildman–Crippen MR) is 68.3 cm³/mol. The van der Waals surface area contributed by atoms with Crippen LogP contribution in [0.5, 0.6) is 0 Å². The van der Waals surface area contributed by atoms with Gasteiger partial charge in [-0.05, 0) is 5.92 Å². The van der Waals surface area contributed by atoms with Crippen LogP contribution in [0.4, 0.5) is 4.79 Å². The Labute approximate surface area is 116 Å². The zero-order chi connectivity index (χ0) is 14.9. The summed E-state index contributed by atoms with van der Waals surface area (Å²) in [6.45, 7) is 3.73. The average molecular weight is 279 g/mol. The fourth-order valence-electron chi connectivity index (χ4n) is 2.18. The Morgan fingerprint density at radius 1 is 1.35 bits per heavy atom. The minimum absolute atomic E-state index is 0.159. The van der Waals surface area contributed by atoms with E-state index < -0.39 is 23.8 Å². The first-order valence-electron chi connectivity index (χ1n) is 6.41. The van der Waals surface area contributed by atoms with E-state index >= 15 is 0 Å². The van der Waals surface area contributed by atoms with Crippen LogP contribution in [0, 0.1) is 11.8 Å². The molecule has 1 aromatic rings. The Bertz CT molecular complexity index is 551. The number of nitrogens with one attached hydrogen (secondary N) is 1. The molecule has 2 rings (SSSR count). The van der Waals surface area contributed by atoms with Crippen LogP contribution in [0.2, 0.25) is 0 Å². The van der Waals surface area contributed by atoms with E-state index in [-0.39, 0.29) is 12.5 Å². The Morgan fingerprint density at radius 3 is 2.60 bits per heavy atom. The van der Waals surface area contributed by atoms with Crippen LogP contribution in [-0.4, -0.2) is 44.1 Å². The highest BCUT2D eigenvalue weighted by molar-refractivity contribution is 6.16. The molecular weight excluding hydrogens is 262 g/mol. The van der Waals surface area contributed by atoms with Gasteiger partial charge in [-0.3, -0.25) is 19.8 Å². The zero-order valence-corrected chi connectivity index (χ0v) is 11.7. The van der Waals surface area contributed by atoms with Crippen molar-refractivity contribution in [3.8, 4) is 0 Å². The van der Waals surface area contributed by atoms with Crippen LogP contribution in [0.3, 0.4) is 0 Å². The average Bonchev–Trinajstić information content (AvgIpc) is 2.73. The van der Waals surface area contributed by atoms with Crippen molar-refractivity contribution in [2.24, 2.45) is 18.9 Å². The quantitative estimate of drug-likeness (QED) is 0.764. The van der Waals surface area contributed by atoms with Crippen molar-refractivity contribution in [1.82, 2.24) is 25.0 Å². The van der Waals surface area contributed by atoms with E-state index in [1.807, 2.05) is 0 Å². The van der Waals surface area contributed by atoms with E-state index in [0.29, 0.717) is 12.2 Å². The van der Waals surface area contributed by atoms with Gasteiger partial charge in [0.1, 0.15) is 18.1 Å². The van der Waals surface area contributed by atoms with Crippen molar-refractivity contribution in [3.63, 3.8) is 0 Å². The molecule has 4 amide bonds. The second-order valence-corrected chi connectivity index (χ2v) is 5.11. The molecule has 0 aromatic carbocycles. The number of urea groups is 1. The Hall–Kier alpha value is -2.25. The van der Waals surface area contributed by atoms with E-state index in [9.17, 15) is 14.4 Å². The van der Waals surface area contributed by atoms with Crippen LogP contribution in [0.15, 0.2) is 6.33 Å². The fraction of sp³-hybridized carbons (Fsp3) is 0.583. The third-order valence-electron chi connectivity index (χ3n) is 3.32. The molecule has 2 heterocycles. The molecule has 1 aromatic heterocycles. The molecule has 1 aliphatic rings. The van der Waals surface area contributed by atoms with Crippen LogP contribution < -0.4 is 5.32 Å². The summed E-state index contributed by atoms with van der Waals surface area (Å²) < 4.78 is 1.72. The molecule has 0 spiro atoms. The Balaban J connectivity index is 2.10. The lowest BCUT2D eigenvalue weighted by Gasteiger charge is -2.31. The summed E-state index contributed by atoms with van der Waals surface area (Å²) in [7, 11) is 1.79. The molecule has 1 fully saturated rings. The van der Waals surface area contributed by atoms with Crippen LogP contribution >= 0.6 is 0 Å². The Morgan fingerprint density at radius 2 is 2.05 bits per heavy atom. The Kier molecular flexibility index (Phi) is 3.82. The number of carbonyl (C=O) groups is 3. The summed E-state index contributed by atoms with van der Waals surface area (Å²) in [5.74, 6) is -1.27. The van der Waals surface area contributed by atoms with Crippen molar-refractivity contribution in [2.45, 2.75) is 20.3 Å². The third kappa shape index (κ3) is 2.54. The number of hydrogen-bond acceptors (Lipinski definition) is 5. The molecular formula is C12H17N5O3. The molecule has 0 aliphatic carbocycles. The molecule has 1 aliphatic heterocycles. The minimum Gasteiger partial charge on any atom is -0.321 e. The van der Waals surface area contributed by atoms with Gasteiger partial charge in [0, 0.05) is 20.0 Å². The number of hydrogen-bond donors (Lipinski definition) is 1. The molecule has 8 heteroatoms. The van der Waals surface area contributed by atoms with Gasteiger partial charge in [-0.25, -0.2) is 4.79 Å². The summed E-state index contributed by atoms with van der Waals surface area (Å²) in [6, 6.07) is -0.668. The van der Waals surface area contributed by atoms with Crippen LogP contribution in [0.1, 0.15) is 19.7 Å². The first-order valence-corrected chi connectivity index (χ1v) is 6.41. The molecule has 20 heavy (non-hydrogen) atoms. The maximum atomic E-state index is 12.2. The second-order valence-electron chi connectivity index (χ2n) is 5.11. The lowest BCUT2D eigenvalue weighted by Crippen LogP contribution is -2.59. The molecule has 1 atom stereocenters. The molecule has 1 unspecified atom stereocenters. The third-order valence-corrected chi connectivity index (χ3v) is 3.32. The van der Waals surface area contributed by atoms with E-state index in [1.54, 1.807) is 31.8 Å². The van der Waals surface area contributed by atoms with Crippen LogP contribution in [0.25, 0.3) is 0 Å². The highest BCUT2D eigenvalue weighted by atomic mass is 16.2. The van der Waals surface area contributed by atoms with Crippen molar-refractivity contribution in [2.75, 3.05) is 6.54 Å². The van der Waals surface area contributed by atoms with Gasteiger partial charge >= 0.3 is 6.03 Å². The molecule has 1 saturated heterocycles. The minimum atomic E-state index is -0.813. The molecule has 0 bridgehead atoms. The van der Waals surface area contributed by atoms with Crippen molar-refractivity contribution >= 4 is 17.8 Å². The first kappa shape index (κ1) is 14.2. The van der Waals surface area contributed by atoms with Crippen molar-refractivity contribution in [1.29, 1.82) is 0 Å². The van der Waals surface area contributed by atoms with Crippen LogP contribution in [-0.2, 0) is 23.1 Å². The lowest BCUT2D eigenvalue weighted by molar-refractivity contribution is -0.144. The van der Waals surface area contributed by atoms with Gasteiger partial charge in [-0.1, -0.05) is 13.8 Å². The van der Waals surface area contributed by atoms with Gasteiger partial charge in [0.15, 0.2) is 0 Å². The smallest absolute Gasteiger partial charge is 0.321 e. The maximum Gasteiger partial charge on any atom is 0.330 e. The number of nitrogens with zero attached hydrogens (tertiary/aromatic N) is 4. The van der Waals surface area contributed by atoms with Gasteiger partial charge in [-0.2, -0.15) is 0 Å². The number of rotatable bonds is 4. The van der Waals surface area contributed by atoms with E-state index in [0.717, 1.165) is 4.90 Å².